The van der Waals surface area contributed by atoms with Gasteiger partial charge in [-0.05, 0) is 30.3 Å². The summed E-state index contributed by atoms with van der Waals surface area (Å²) in [5.41, 5.74) is 9.30. The third kappa shape index (κ3) is 3.29. The third-order valence-corrected chi connectivity index (χ3v) is 3.61. The summed E-state index contributed by atoms with van der Waals surface area (Å²) in [5, 5.41) is 11.1. The summed E-state index contributed by atoms with van der Waals surface area (Å²) < 4.78 is 0. The van der Waals surface area contributed by atoms with Gasteiger partial charge in [-0.2, -0.15) is 15.4 Å². The van der Waals surface area contributed by atoms with Crippen LogP contribution in [0.4, 0.5) is 15.3 Å². The molecule has 2 aromatic carbocycles. The Hall–Kier alpha value is -3.95. The van der Waals surface area contributed by atoms with E-state index in [4.69, 9.17) is 5.73 Å². The van der Waals surface area contributed by atoms with E-state index in [-0.39, 0.29) is 5.56 Å². The number of nitrogens with one attached hydrogen (secondary N) is 2. The van der Waals surface area contributed by atoms with E-state index >= 15 is 0 Å². The van der Waals surface area contributed by atoms with Crippen molar-refractivity contribution in [1.82, 2.24) is 25.7 Å². The predicted molar refractivity (Wildman–Crippen MR) is 93.0 cm³/mol. The van der Waals surface area contributed by atoms with E-state index in [0.29, 0.717) is 16.7 Å². The first-order chi connectivity index (χ1) is 12.5. The summed E-state index contributed by atoms with van der Waals surface area (Å²) in [7, 11) is 1.29. The molecule has 26 heavy (non-hydrogen) atoms. The SMILES string of the molecule is CN(C(=O)NN(C(N)=O)c1ccccc1)C(=O)c1ccc2n[nH]nc2c1. The Morgan fingerprint density at radius 1 is 1.04 bits per heavy atom. The van der Waals surface area contributed by atoms with Crippen LogP contribution in [0, 0.1) is 0 Å². The standard InChI is InChI=1S/C16H15N7O3/c1-22(14(24)10-7-8-12-13(9-10)19-21-18-12)16(26)20-23(15(17)25)11-5-3-2-4-6-11/h2-9H,1H3,(H2,17,25)(H,20,26)(H,18,19,21). The van der Waals surface area contributed by atoms with Crippen molar-refractivity contribution in [1.29, 1.82) is 0 Å². The lowest BCUT2D eigenvalue weighted by Gasteiger charge is -2.24. The van der Waals surface area contributed by atoms with Crippen LogP contribution in [0.2, 0.25) is 0 Å². The van der Waals surface area contributed by atoms with Gasteiger partial charge in [-0.1, -0.05) is 18.2 Å². The van der Waals surface area contributed by atoms with Gasteiger partial charge in [-0.15, -0.1) is 0 Å². The summed E-state index contributed by atoms with van der Waals surface area (Å²) in [4.78, 5) is 37.3. The molecule has 0 spiro atoms. The largest absolute Gasteiger partial charge is 0.350 e. The van der Waals surface area contributed by atoms with Crippen molar-refractivity contribution in [3.63, 3.8) is 0 Å². The molecule has 0 aliphatic carbocycles. The Morgan fingerprint density at radius 2 is 1.73 bits per heavy atom. The van der Waals surface area contributed by atoms with Crippen LogP contribution in [0.1, 0.15) is 10.4 Å². The van der Waals surface area contributed by atoms with Crippen LogP contribution in [0.5, 0.6) is 0 Å². The molecule has 0 saturated heterocycles. The highest BCUT2D eigenvalue weighted by Crippen LogP contribution is 2.13. The number of rotatable bonds is 2. The molecule has 10 heteroatoms. The van der Waals surface area contributed by atoms with Gasteiger partial charge in [0.1, 0.15) is 11.0 Å². The number of benzene rings is 2. The second-order valence-electron chi connectivity index (χ2n) is 5.32. The number of hydrogen-bond donors (Lipinski definition) is 3. The quantitative estimate of drug-likeness (QED) is 0.595. The normalized spacial score (nSPS) is 10.3. The van der Waals surface area contributed by atoms with Crippen LogP contribution in [0.25, 0.3) is 11.0 Å². The average molecular weight is 353 g/mol. The number of imide groups is 1. The van der Waals surface area contributed by atoms with Crippen LogP contribution in [-0.4, -0.2) is 45.3 Å². The van der Waals surface area contributed by atoms with Crippen molar-refractivity contribution in [3.8, 4) is 0 Å². The lowest BCUT2D eigenvalue weighted by atomic mass is 10.2. The van der Waals surface area contributed by atoms with Crippen molar-refractivity contribution in [2.45, 2.75) is 0 Å². The lowest BCUT2D eigenvalue weighted by molar-refractivity contribution is 0.0831. The Morgan fingerprint density at radius 3 is 2.42 bits per heavy atom. The molecule has 0 atom stereocenters. The van der Waals surface area contributed by atoms with Crippen molar-refractivity contribution in [2.75, 3.05) is 12.1 Å². The highest BCUT2D eigenvalue weighted by Gasteiger charge is 2.23. The smallest absolute Gasteiger partial charge is 0.343 e. The number of aromatic nitrogens is 3. The van der Waals surface area contributed by atoms with Gasteiger partial charge in [0.25, 0.3) is 5.91 Å². The number of carbonyl (C=O) groups excluding carboxylic acids is 3. The van der Waals surface area contributed by atoms with Crippen molar-refractivity contribution < 1.29 is 14.4 Å². The van der Waals surface area contributed by atoms with Gasteiger partial charge in [-0.25, -0.2) is 20.0 Å². The molecule has 0 saturated carbocycles. The van der Waals surface area contributed by atoms with Gasteiger partial charge >= 0.3 is 12.1 Å². The van der Waals surface area contributed by atoms with E-state index < -0.39 is 18.0 Å². The van der Waals surface area contributed by atoms with Gasteiger partial charge in [0.15, 0.2) is 0 Å². The highest BCUT2D eigenvalue weighted by atomic mass is 16.2. The van der Waals surface area contributed by atoms with E-state index in [1.807, 2.05) is 0 Å². The van der Waals surface area contributed by atoms with Gasteiger partial charge in [0.2, 0.25) is 0 Å². The first-order valence-corrected chi connectivity index (χ1v) is 7.51. The fraction of sp³-hybridized carbons (Fsp3) is 0.0625. The summed E-state index contributed by atoms with van der Waals surface area (Å²) in [6.07, 6.45) is 0. The Balaban J connectivity index is 1.77. The number of nitrogens with two attached hydrogens (primary N) is 1. The molecule has 1 heterocycles. The number of carbonyl (C=O) groups is 3. The predicted octanol–water partition coefficient (Wildman–Crippen LogP) is 1.24. The van der Waals surface area contributed by atoms with Crippen LogP contribution < -0.4 is 16.2 Å². The molecule has 0 aliphatic rings. The molecule has 132 valence electrons. The van der Waals surface area contributed by atoms with Crippen LogP contribution in [0.3, 0.4) is 0 Å². The van der Waals surface area contributed by atoms with Gasteiger partial charge < -0.3 is 5.73 Å². The summed E-state index contributed by atoms with van der Waals surface area (Å²) in [5.74, 6) is -0.579. The lowest BCUT2D eigenvalue weighted by Crippen LogP contribution is -2.54. The number of aromatic amines is 1. The van der Waals surface area contributed by atoms with Crippen molar-refractivity contribution in [3.05, 3.63) is 54.1 Å². The molecule has 0 bridgehead atoms. The first-order valence-electron chi connectivity index (χ1n) is 7.51. The fourth-order valence-electron chi connectivity index (χ4n) is 2.25. The minimum atomic E-state index is -0.894. The molecule has 0 unspecified atom stereocenters. The van der Waals surface area contributed by atoms with Crippen molar-refractivity contribution in [2.24, 2.45) is 5.73 Å². The monoisotopic (exact) mass is 353 g/mol. The van der Waals surface area contributed by atoms with Crippen LogP contribution in [-0.2, 0) is 0 Å². The van der Waals surface area contributed by atoms with Gasteiger partial charge in [0.05, 0.1) is 5.69 Å². The topological polar surface area (TPSA) is 137 Å². The Bertz CT molecular complexity index is 970. The number of urea groups is 2. The van der Waals surface area contributed by atoms with E-state index in [9.17, 15) is 14.4 Å². The van der Waals surface area contributed by atoms with E-state index in [1.165, 1.54) is 19.2 Å². The number of H-pyrrole nitrogens is 1. The first kappa shape index (κ1) is 16.9. The minimum Gasteiger partial charge on any atom is -0.350 e. The summed E-state index contributed by atoms with van der Waals surface area (Å²) in [6.45, 7) is 0. The molecule has 3 aromatic rings. The number of para-hydroxylation sites is 1. The molecule has 0 aliphatic heterocycles. The minimum absolute atomic E-state index is 0.245. The Kier molecular flexibility index (Phi) is 4.48. The molecular formula is C16H15N7O3. The second kappa shape index (κ2) is 6.89. The van der Waals surface area contributed by atoms with Crippen molar-refractivity contribution >= 4 is 34.7 Å². The molecule has 5 amide bonds. The second-order valence-corrected chi connectivity index (χ2v) is 5.32. The number of amides is 5. The molecule has 4 N–H and O–H groups in total. The zero-order chi connectivity index (χ0) is 18.7. The number of primary amides is 1. The fourth-order valence-corrected chi connectivity index (χ4v) is 2.25. The Labute approximate surface area is 147 Å². The summed E-state index contributed by atoms with van der Waals surface area (Å²) in [6, 6.07) is 11.2. The number of nitrogens with zero attached hydrogens (tertiary/aromatic N) is 4. The molecular weight excluding hydrogens is 338 g/mol. The summed E-state index contributed by atoms with van der Waals surface area (Å²) >= 11 is 0. The number of hydrogen-bond acceptors (Lipinski definition) is 5. The van der Waals surface area contributed by atoms with E-state index in [2.05, 4.69) is 20.8 Å². The highest BCUT2D eigenvalue weighted by molar-refractivity contribution is 6.06. The van der Waals surface area contributed by atoms with Crippen LogP contribution >= 0.6 is 0 Å². The number of hydrazine groups is 1. The van der Waals surface area contributed by atoms with Crippen LogP contribution in [0.15, 0.2) is 48.5 Å². The maximum absolute atomic E-state index is 12.5. The maximum atomic E-state index is 12.5. The molecule has 0 fully saturated rings. The average Bonchev–Trinajstić information content (AvgIpc) is 3.12. The van der Waals surface area contributed by atoms with Gasteiger partial charge in [-0.3, -0.25) is 9.69 Å². The third-order valence-electron chi connectivity index (χ3n) is 3.61. The molecule has 10 nitrogen and oxygen atoms in total. The zero-order valence-electron chi connectivity index (χ0n) is 13.7. The molecule has 1 aromatic heterocycles. The number of fused-ring (bicyclic) bond motifs is 1. The van der Waals surface area contributed by atoms with E-state index in [1.54, 1.807) is 36.4 Å². The zero-order valence-corrected chi connectivity index (χ0v) is 13.7. The maximum Gasteiger partial charge on any atom is 0.343 e. The molecule has 3 rings (SSSR count). The van der Waals surface area contributed by atoms with Gasteiger partial charge in [0, 0.05) is 12.6 Å². The molecule has 0 radical (unpaired) electrons. The van der Waals surface area contributed by atoms with E-state index in [0.717, 1.165) is 9.91 Å². The number of anilines is 1.